The Morgan fingerprint density at radius 3 is 2.54 bits per heavy atom. The predicted octanol–water partition coefficient (Wildman–Crippen LogP) is 4.64. The zero-order valence-corrected chi connectivity index (χ0v) is 14.3. The minimum Gasteiger partial charge on any atom is -0.508 e. The predicted molar refractivity (Wildman–Crippen MR) is 106 cm³/mol. The van der Waals surface area contributed by atoms with Crippen LogP contribution in [-0.2, 0) is 0 Å². The van der Waals surface area contributed by atoms with E-state index in [2.05, 4.69) is 34.3 Å². The summed E-state index contributed by atoms with van der Waals surface area (Å²) in [5.41, 5.74) is 11.5. The van der Waals surface area contributed by atoms with Crippen molar-refractivity contribution in [3.05, 3.63) is 72.6 Å². The van der Waals surface area contributed by atoms with E-state index in [1.165, 1.54) is 6.33 Å². The Kier molecular flexibility index (Phi) is 3.89. The number of benzene rings is 3. The molecule has 0 aliphatic carbocycles. The lowest BCUT2D eigenvalue weighted by Gasteiger charge is -2.12. The number of aromatic nitrogens is 2. The fraction of sp³-hybridized carbons (Fsp3) is 0.0476. The molecule has 0 unspecified atom stereocenters. The molecule has 0 fully saturated rings. The minimum atomic E-state index is 0.201. The summed E-state index contributed by atoms with van der Waals surface area (Å²) in [6.45, 7) is 2.07. The number of hydrogen-bond acceptors (Lipinski definition) is 5. The minimum absolute atomic E-state index is 0.201. The molecular formula is C21H18N4O. The number of aromatic hydroxyl groups is 1. The van der Waals surface area contributed by atoms with Crippen LogP contribution in [0.5, 0.6) is 5.75 Å². The van der Waals surface area contributed by atoms with Crippen molar-refractivity contribution in [2.75, 3.05) is 11.1 Å². The number of rotatable bonds is 3. The Morgan fingerprint density at radius 2 is 1.77 bits per heavy atom. The first-order valence-electron chi connectivity index (χ1n) is 8.27. The maximum atomic E-state index is 9.67. The quantitative estimate of drug-likeness (QED) is 0.473. The summed E-state index contributed by atoms with van der Waals surface area (Å²) >= 11 is 0. The Morgan fingerprint density at radius 1 is 0.962 bits per heavy atom. The molecule has 128 valence electrons. The summed E-state index contributed by atoms with van der Waals surface area (Å²) < 4.78 is 0. The first-order chi connectivity index (χ1) is 12.6. The van der Waals surface area contributed by atoms with E-state index in [4.69, 9.17) is 5.73 Å². The molecule has 4 aromatic rings. The van der Waals surface area contributed by atoms with Crippen LogP contribution in [0.4, 0.5) is 17.2 Å². The maximum absolute atomic E-state index is 9.67. The SMILES string of the molecule is Cc1cc2ncnc(Nc3cccc(O)c3)c2cc1-c1ccc(N)cc1. The third kappa shape index (κ3) is 3.02. The largest absolute Gasteiger partial charge is 0.508 e. The third-order valence-electron chi connectivity index (χ3n) is 4.31. The summed E-state index contributed by atoms with van der Waals surface area (Å²) in [5, 5.41) is 13.8. The molecule has 0 saturated heterocycles. The van der Waals surface area contributed by atoms with Crippen molar-refractivity contribution >= 4 is 28.1 Å². The topological polar surface area (TPSA) is 84.1 Å². The van der Waals surface area contributed by atoms with E-state index < -0.39 is 0 Å². The average Bonchev–Trinajstić information content (AvgIpc) is 2.62. The Balaban J connectivity index is 1.84. The number of nitrogens with one attached hydrogen (secondary N) is 1. The standard InChI is InChI=1S/C21H18N4O/c1-13-9-20-19(11-18(13)14-5-7-15(22)8-6-14)21(24-12-23-20)25-16-3-2-4-17(26)10-16/h2-12,26H,22H2,1H3,(H,23,24,25). The van der Waals surface area contributed by atoms with Crippen LogP contribution in [-0.4, -0.2) is 15.1 Å². The lowest BCUT2D eigenvalue weighted by Crippen LogP contribution is -1.97. The van der Waals surface area contributed by atoms with Gasteiger partial charge in [-0.05, 0) is 60.0 Å². The number of nitrogens with zero attached hydrogens (tertiary/aromatic N) is 2. The van der Waals surface area contributed by atoms with Gasteiger partial charge in [-0.25, -0.2) is 9.97 Å². The molecule has 4 rings (SSSR count). The number of fused-ring (bicyclic) bond motifs is 1. The highest BCUT2D eigenvalue weighted by molar-refractivity contribution is 5.95. The van der Waals surface area contributed by atoms with E-state index in [0.29, 0.717) is 5.82 Å². The Labute approximate surface area is 151 Å². The molecule has 0 spiro atoms. The van der Waals surface area contributed by atoms with Gasteiger partial charge in [0.25, 0.3) is 0 Å². The molecule has 0 aliphatic heterocycles. The van der Waals surface area contributed by atoms with Crippen molar-refractivity contribution in [3.8, 4) is 16.9 Å². The number of phenols is 1. The summed E-state index contributed by atoms with van der Waals surface area (Å²) in [4.78, 5) is 8.78. The third-order valence-corrected chi connectivity index (χ3v) is 4.31. The fourth-order valence-electron chi connectivity index (χ4n) is 3.00. The van der Waals surface area contributed by atoms with Crippen molar-refractivity contribution in [2.24, 2.45) is 0 Å². The van der Waals surface area contributed by atoms with Gasteiger partial charge in [-0.15, -0.1) is 0 Å². The molecule has 0 radical (unpaired) electrons. The lowest BCUT2D eigenvalue weighted by molar-refractivity contribution is 0.475. The van der Waals surface area contributed by atoms with E-state index in [0.717, 1.165) is 39.0 Å². The molecule has 3 aromatic carbocycles. The molecule has 1 heterocycles. The van der Waals surface area contributed by atoms with Gasteiger partial charge in [0.2, 0.25) is 0 Å². The second-order valence-electron chi connectivity index (χ2n) is 6.20. The number of anilines is 3. The molecule has 0 aliphatic rings. The van der Waals surface area contributed by atoms with E-state index in [9.17, 15) is 5.11 Å². The summed E-state index contributed by atoms with van der Waals surface area (Å²) in [7, 11) is 0. The van der Waals surface area contributed by atoms with Gasteiger partial charge in [0.1, 0.15) is 17.9 Å². The van der Waals surface area contributed by atoms with Crippen LogP contribution < -0.4 is 11.1 Å². The smallest absolute Gasteiger partial charge is 0.141 e. The van der Waals surface area contributed by atoms with Gasteiger partial charge in [-0.3, -0.25) is 0 Å². The van der Waals surface area contributed by atoms with E-state index >= 15 is 0 Å². The molecule has 0 amide bonds. The average molecular weight is 342 g/mol. The molecule has 0 atom stereocenters. The van der Waals surface area contributed by atoms with Gasteiger partial charge >= 0.3 is 0 Å². The number of nitrogen functional groups attached to an aromatic ring is 1. The zero-order chi connectivity index (χ0) is 18.1. The molecule has 26 heavy (non-hydrogen) atoms. The van der Waals surface area contributed by atoms with Gasteiger partial charge in [-0.1, -0.05) is 18.2 Å². The normalized spacial score (nSPS) is 10.8. The first-order valence-corrected chi connectivity index (χ1v) is 8.27. The van der Waals surface area contributed by atoms with Crippen molar-refractivity contribution in [2.45, 2.75) is 6.92 Å². The molecule has 5 nitrogen and oxygen atoms in total. The highest BCUT2D eigenvalue weighted by Crippen LogP contribution is 2.32. The van der Waals surface area contributed by atoms with Crippen LogP contribution in [0.3, 0.4) is 0 Å². The fourth-order valence-corrected chi connectivity index (χ4v) is 3.00. The van der Waals surface area contributed by atoms with Crippen molar-refractivity contribution < 1.29 is 5.11 Å². The van der Waals surface area contributed by atoms with Crippen LogP contribution >= 0.6 is 0 Å². The van der Waals surface area contributed by atoms with Crippen molar-refractivity contribution in [3.63, 3.8) is 0 Å². The summed E-state index contributed by atoms with van der Waals surface area (Å²) in [6, 6.07) is 18.9. The van der Waals surface area contributed by atoms with E-state index in [1.807, 2.05) is 30.3 Å². The van der Waals surface area contributed by atoms with Crippen molar-refractivity contribution in [1.82, 2.24) is 9.97 Å². The number of aryl methyl sites for hydroxylation is 1. The van der Waals surface area contributed by atoms with Crippen LogP contribution in [0.25, 0.3) is 22.0 Å². The molecule has 5 heteroatoms. The maximum Gasteiger partial charge on any atom is 0.141 e. The molecule has 4 N–H and O–H groups in total. The number of phenolic OH excluding ortho intramolecular Hbond substituents is 1. The first kappa shape index (κ1) is 15.9. The number of nitrogens with two attached hydrogens (primary N) is 1. The monoisotopic (exact) mass is 342 g/mol. The summed E-state index contributed by atoms with van der Waals surface area (Å²) in [5.74, 6) is 0.893. The Hall–Kier alpha value is -3.60. The second kappa shape index (κ2) is 6.37. The summed E-state index contributed by atoms with van der Waals surface area (Å²) in [6.07, 6.45) is 1.54. The highest BCUT2D eigenvalue weighted by atomic mass is 16.3. The highest BCUT2D eigenvalue weighted by Gasteiger charge is 2.10. The van der Waals surface area contributed by atoms with Gasteiger partial charge in [0.05, 0.1) is 5.52 Å². The van der Waals surface area contributed by atoms with Crippen LogP contribution in [0.15, 0.2) is 67.0 Å². The van der Waals surface area contributed by atoms with Crippen LogP contribution in [0.1, 0.15) is 5.56 Å². The molecule has 1 aromatic heterocycles. The van der Waals surface area contributed by atoms with Crippen LogP contribution in [0.2, 0.25) is 0 Å². The van der Waals surface area contributed by atoms with E-state index in [1.54, 1.807) is 18.2 Å². The molecular weight excluding hydrogens is 324 g/mol. The van der Waals surface area contributed by atoms with Crippen LogP contribution in [0, 0.1) is 6.92 Å². The van der Waals surface area contributed by atoms with Gasteiger partial charge in [0.15, 0.2) is 0 Å². The molecule has 0 bridgehead atoms. The van der Waals surface area contributed by atoms with Gasteiger partial charge in [-0.2, -0.15) is 0 Å². The van der Waals surface area contributed by atoms with E-state index in [-0.39, 0.29) is 5.75 Å². The zero-order valence-electron chi connectivity index (χ0n) is 14.3. The molecule has 0 saturated carbocycles. The Bertz CT molecular complexity index is 1090. The lowest BCUT2D eigenvalue weighted by atomic mass is 9.98. The second-order valence-corrected chi connectivity index (χ2v) is 6.20. The van der Waals surface area contributed by atoms with Gasteiger partial charge in [0, 0.05) is 22.8 Å². The van der Waals surface area contributed by atoms with Crippen molar-refractivity contribution in [1.29, 1.82) is 0 Å². The number of hydrogen-bond donors (Lipinski definition) is 3. The van der Waals surface area contributed by atoms with Gasteiger partial charge < -0.3 is 16.2 Å².